The number of carbonyl (C=O) groups is 1. The minimum absolute atomic E-state index is 0.0611. The highest BCUT2D eigenvalue weighted by atomic mass is 16.7. The number of rotatable bonds is 8. The Hall–Kier alpha value is -2.73. The van der Waals surface area contributed by atoms with E-state index in [9.17, 15) is 4.79 Å². The van der Waals surface area contributed by atoms with Crippen LogP contribution in [0.4, 0.5) is 0 Å². The number of benzene rings is 2. The Morgan fingerprint density at radius 1 is 1.11 bits per heavy atom. The Balaban J connectivity index is 1.37. The smallest absolute Gasteiger partial charge is 0.231 e. The summed E-state index contributed by atoms with van der Waals surface area (Å²) in [6, 6.07) is 15.3. The van der Waals surface area contributed by atoms with E-state index in [4.69, 9.17) is 18.9 Å². The molecular weight excluding hydrogens is 358 g/mol. The number of carbonyl (C=O) groups excluding carboxylic acids is 1. The predicted octanol–water partition coefficient (Wildman–Crippen LogP) is 3.04. The molecular formula is C22H25NO5. The van der Waals surface area contributed by atoms with E-state index in [1.807, 2.05) is 53.4 Å². The molecule has 0 spiro atoms. The zero-order chi connectivity index (χ0) is 19.2. The summed E-state index contributed by atoms with van der Waals surface area (Å²) in [7, 11) is 0. The van der Waals surface area contributed by atoms with Gasteiger partial charge in [-0.05, 0) is 42.7 Å². The van der Waals surface area contributed by atoms with Crippen molar-refractivity contribution in [1.82, 2.24) is 4.90 Å². The molecule has 2 aliphatic rings. The highest BCUT2D eigenvalue weighted by molar-refractivity contribution is 5.79. The third-order valence-electron chi connectivity index (χ3n) is 4.97. The minimum Gasteiger partial charge on any atom is -0.492 e. The van der Waals surface area contributed by atoms with Gasteiger partial charge in [0.25, 0.3) is 0 Å². The number of hydrogen-bond donors (Lipinski definition) is 0. The van der Waals surface area contributed by atoms with E-state index in [0.717, 1.165) is 36.5 Å². The molecule has 2 aromatic carbocycles. The van der Waals surface area contributed by atoms with E-state index in [1.165, 1.54) is 0 Å². The van der Waals surface area contributed by atoms with Gasteiger partial charge in [0.1, 0.15) is 12.4 Å². The first-order valence-electron chi connectivity index (χ1n) is 9.74. The second-order valence-corrected chi connectivity index (χ2v) is 7.00. The summed E-state index contributed by atoms with van der Waals surface area (Å²) in [5, 5.41) is 0. The van der Waals surface area contributed by atoms with Crippen molar-refractivity contribution >= 4 is 5.91 Å². The summed E-state index contributed by atoms with van der Waals surface area (Å²) in [4.78, 5) is 14.8. The Labute approximate surface area is 165 Å². The number of amides is 1. The van der Waals surface area contributed by atoms with Crippen molar-refractivity contribution in [2.24, 2.45) is 0 Å². The van der Waals surface area contributed by atoms with Gasteiger partial charge in [0.15, 0.2) is 11.5 Å². The average molecular weight is 383 g/mol. The Kier molecular flexibility index (Phi) is 5.97. The normalized spacial score (nSPS) is 17.5. The molecule has 28 heavy (non-hydrogen) atoms. The number of fused-ring (bicyclic) bond motifs is 1. The maximum absolute atomic E-state index is 13.0. The first-order valence-corrected chi connectivity index (χ1v) is 9.74. The second-order valence-electron chi connectivity index (χ2n) is 7.00. The molecule has 2 aliphatic heterocycles. The highest BCUT2D eigenvalue weighted by Gasteiger charge is 2.23. The van der Waals surface area contributed by atoms with Crippen molar-refractivity contribution in [2.45, 2.75) is 25.4 Å². The number of ether oxygens (including phenoxy) is 4. The zero-order valence-corrected chi connectivity index (χ0v) is 15.8. The standard InChI is InChI=1S/C22H25NO5/c24-22(14-17-8-9-20-21(13-17)28-16-27-20)23(15-19-7-4-11-25-19)10-12-26-18-5-2-1-3-6-18/h1-3,5-6,8-9,13,19H,4,7,10-12,14-16H2. The molecule has 0 N–H and O–H groups in total. The van der Waals surface area contributed by atoms with Crippen molar-refractivity contribution in [2.75, 3.05) is 33.1 Å². The Bertz CT molecular complexity index is 789. The molecule has 1 fully saturated rings. The summed E-state index contributed by atoms with van der Waals surface area (Å²) in [5.41, 5.74) is 0.913. The van der Waals surface area contributed by atoms with Crippen LogP contribution in [-0.4, -0.2) is 50.0 Å². The van der Waals surface area contributed by atoms with Crippen LogP contribution in [-0.2, 0) is 16.0 Å². The second kappa shape index (κ2) is 8.97. The first kappa shape index (κ1) is 18.6. The number of para-hydroxylation sites is 1. The fraction of sp³-hybridized carbons (Fsp3) is 0.409. The van der Waals surface area contributed by atoms with Gasteiger partial charge in [-0.1, -0.05) is 24.3 Å². The molecule has 4 rings (SSSR count). The van der Waals surface area contributed by atoms with Crippen molar-refractivity contribution in [3.8, 4) is 17.2 Å². The van der Waals surface area contributed by atoms with Gasteiger partial charge in [0.05, 0.1) is 19.1 Å². The highest BCUT2D eigenvalue weighted by Crippen LogP contribution is 2.32. The molecule has 148 valence electrons. The molecule has 0 aliphatic carbocycles. The van der Waals surface area contributed by atoms with Crippen molar-refractivity contribution in [3.05, 3.63) is 54.1 Å². The molecule has 2 heterocycles. The van der Waals surface area contributed by atoms with Gasteiger partial charge in [-0.3, -0.25) is 4.79 Å². The van der Waals surface area contributed by atoms with Crippen LogP contribution in [0, 0.1) is 0 Å². The fourth-order valence-electron chi connectivity index (χ4n) is 3.48. The van der Waals surface area contributed by atoms with E-state index in [1.54, 1.807) is 0 Å². The third-order valence-corrected chi connectivity index (χ3v) is 4.97. The summed E-state index contributed by atoms with van der Waals surface area (Å²) >= 11 is 0. The maximum Gasteiger partial charge on any atom is 0.231 e. The summed E-state index contributed by atoms with van der Waals surface area (Å²) in [6.45, 7) is 2.58. The van der Waals surface area contributed by atoms with Crippen LogP contribution >= 0.6 is 0 Å². The summed E-state index contributed by atoms with van der Waals surface area (Å²) in [5.74, 6) is 2.29. The van der Waals surface area contributed by atoms with Crippen LogP contribution in [0.5, 0.6) is 17.2 Å². The number of hydrogen-bond acceptors (Lipinski definition) is 5. The molecule has 1 atom stereocenters. The molecule has 2 aromatic rings. The quantitative estimate of drug-likeness (QED) is 0.701. The van der Waals surface area contributed by atoms with Crippen LogP contribution in [0.1, 0.15) is 18.4 Å². The van der Waals surface area contributed by atoms with Gasteiger partial charge in [0, 0.05) is 13.2 Å². The topological polar surface area (TPSA) is 57.2 Å². The molecule has 0 saturated carbocycles. The van der Waals surface area contributed by atoms with Crippen molar-refractivity contribution in [1.29, 1.82) is 0 Å². The monoisotopic (exact) mass is 383 g/mol. The van der Waals surface area contributed by atoms with Crippen LogP contribution in [0.25, 0.3) is 0 Å². The molecule has 0 aromatic heterocycles. The van der Waals surface area contributed by atoms with E-state index in [-0.39, 0.29) is 18.8 Å². The molecule has 0 radical (unpaired) electrons. The van der Waals surface area contributed by atoms with Gasteiger partial charge in [-0.15, -0.1) is 0 Å². The van der Waals surface area contributed by atoms with Gasteiger partial charge in [0.2, 0.25) is 12.7 Å². The summed E-state index contributed by atoms with van der Waals surface area (Å²) in [6.07, 6.45) is 2.47. The van der Waals surface area contributed by atoms with E-state index >= 15 is 0 Å². The largest absolute Gasteiger partial charge is 0.492 e. The fourth-order valence-corrected chi connectivity index (χ4v) is 3.48. The lowest BCUT2D eigenvalue weighted by atomic mass is 10.1. The van der Waals surface area contributed by atoms with Crippen LogP contribution < -0.4 is 14.2 Å². The molecule has 6 nitrogen and oxygen atoms in total. The zero-order valence-electron chi connectivity index (χ0n) is 15.8. The summed E-state index contributed by atoms with van der Waals surface area (Å²) < 4.78 is 22.3. The molecule has 1 amide bonds. The SMILES string of the molecule is O=C(Cc1ccc2c(c1)OCO2)N(CCOc1ccccc1)CC1CCCO1. The van der Waals surface area contributed by atoms with Gasteiger partial charge in [-0.25, -0.2) is 0 Å². The lowest BCUT2D eigenvalue weighted by Gasteiger charge is -2.25. The van der Waals surface area contributed by atoms with E-state index < -0.39 is 0 Å². The lowest BCUT2D eigenvalue weighted by Crippen LogP contribution is -2.40. The van der Waals surface area contributed by atoms with Crippen molar-refractivity contribution in [3.63, 3.8) is 0 Å². The van der Waals surface area contributed by atoms with Gasteiger partial charge < -0.3 is 23.8 Å². The minimum atomic E-state index is 0.0611. The molecule has 1 unspecified atom stereocenters. The van der Waals surface area contributed by atoms with Crippen LogP contribution in [0.15, 0.2) is 48.5 Å². The van der Waals surface area contributed by atoms with E-state index in [0.29, 0.717) is 31.9 Å². The first-order chi connectivity index (χ1) is 13.8. The number of nitrogens with zero attached hydrogens (tertiary/aromatic N) is 1. The molecule has 0 bridgehead atoms. The van der Waals surface area contributed by atoms with Crippen molar-refractivity contribution < 1.29 is 23.7 Å². The van der Waals surface area contributed by atoms with E-state index in [2.05, 4.69) is 0 Å². The van der Waals surface area contributed by atoms with Gasteiger partial charge in [-0.2, -0.15) is 0 Å². The molecule has 6 heteroatoms. The average Bonchev–Trinajstić information content (AvgIpc) is 3.39. The Morgan fingerprint density at radius 2 is 1.96 bits per heavy atom. The Morgan fingerprint density at radius 3 is 2.79 bits per heavy atom. The lowest BCUT2D eigenvalue weighted by molar-refractivity contribution is -0.132. The maximum atomic E-state index is 13.0. The predicted molar refractivity (Wildman–Crippen MR) is 104 cm³/mol. The third kappa shape index (κ3) is 4.75. The van der Waals surface area contributed by atoms with Crippen LogP contribution in [0.2, 0.25) is 0 Å². The van der Waals surface area contributed by atoms with Crippen LogP contribution in [0.3, 0.4) is 0 Å². The van der Waals surface area contributed by atoms with Gasteiger partial charge >= 0.3 is 0 Å². The molecule has 1 saturated heterocycles.